The van der Waals surface area contributed by atoms with Crippen molar-refractivity contribution in [2.45, 2.75) is 84.5 Å². The van der Waals surface area contributed by atoms with Gasteiger partial charge in [0, 0.05) is 26.4 Å². The summed E-state index contributed by atoms with van der Waals surface area (Å²) in [7, 11) is 0. The Balaban J connectivity index is 1.51. The van der Waals surface area contributed by atoms with Gasteiger partial charge >= 0.3 is 0 Å². The van der Waals surface area contributed by atoms with Crippen LogP contribution in [-0.2, 0) is 9.47 Å². The Morgan fingerprint density at radius 2 is 1.04 bits per heavy atom. The van der Waals surface area contributed by atoms with Gasteiger partial charge in [0.05, 0.1) is 0 Å². The summed E-state index contributed by atoms with van der Waals surface area (Å²) >= 11 is 0. The molecule has 0 amide bonds. The molecule has 0 N–H and O–H groups in total. The molecule has 0 saturated heterocycles. The molecule has 0 heterocycles. The molecule has 2 aliphatic carbocycles. The van der Waals surface area contributed by atoms with E-state index in [4.69, 9.17) is 9.47 Å². The second-order valence-corrected chi connectivity index (χ2v) is 8.09. The number of hydrogen-bond donors (Lipinski definition) is 0. The van der Waals surface area contributed by atoms with E-state index >= 15 is 0 Å². The molecule has 2 aliphatic rings. The van der Waals surface area contributed by atoms with Gasteiger partial charge in [0.2, 0.25) is 0 Å². The Morgan fingerprint density at radius 3 is 1.48 bits per heavy atom. The predicted molar refractivity (Wildman–Crippen MR) is 97.7 cm³/mol. The first-order valence-corrected chi connectivity index (χ1v) is 10.5. The molecule has 0 spiro atoms. The van der Waals surface area contributed by atoms with E-state index in [2.05, 4.69) is 13.8 Å². The Morgan fingerprint density at radius 1 is 0.609 bits per heavy atom. The maximum absolute atomic E-state index is 5.74. The lowest BCUT2D eigenvalue weighted by molar-refractivity contribution is 0.0740. The van der Waals surface area contributed by atoms with Crippen molar-refractivity contribution in [1.29, 1.82) is 0 Å². The van der Waals surface area contributed by atoms with E-state index in [1.807, 2.05) is 0 Å². The molecule has 0 aliphatic heterocycles. The molecule has 0 aromatic carbocycles. The number of hydrogen-bond acceptors (Lipinski definition) is 2. The van der Waals surface area contributed by atoms with Gasteiger partial charge in [-0.2, -0.15) is 0 Å². The van der Waals surface area contributed by atoms with Crippen molar-refractivity contribution < 1.29 is 9.47 Å². The molecule has 2 heteroatoms. The molecule has 0 atom stereocenters. The van der Waals surface area contributed by atoms with Gasteiger partial charge in [0.15, 0.2) is 0 Å². The van der Waals surface area contributed by atoms with Gasteiger partial charge in [0.25, 0.3) is 0 Å². The topological polar surface area (TPSA) is 18.5 Å². The van der Waals surface area contributed by atoms with Gasteiger partial charge in [-0.1, -0.05) is 45.4 Å². The SMILES string of the molecule is CCCOC[C@H]1CC[C@H](CC[C@H]2CC[C@H](COCC)CC2)CC1. The van der Waals surface area contributed by atoms with E-state index in [0.29, 0.717) is 0 Å². The first kappa shape index (κ1) is 19.2. The fourth-order valence-corrected chi connectivity index (χ4v) is 4.52. The van der Waals surface area contributed by atoms with Crippen LogP contribution in [0.1, 0.15) is 84.5 Å². The molecule has 136 valence electrons. The van der Waals surface area contributed by atoms with Gasteiger partial charge < -0.3 is 9.47 Å². The highest BCUT2D eigenvalue weighted by Gasteiger charge is 2.24. The molecule has 23 heavy (non-hydrogen) atoms. The molecular weight excluding hydrogens is 284 g/mol. The molecule has 2 fully saturated rings. The van der Waals surface area contributed by atoms with Crippen molar-refractivity contribution in [3.63, 3.8) is 0 Å². The number of ether oxygens (including phenoxy) is 2. The van der Waals surface area contributed by atoms with E-state index in [-0.39, 0.29) is 0 Å². The summed E-state index contributed by atoms with van der Waals surface area (Å²) in [5, 5.41) is 0. The first-order chi connectivity index (χ1) is 11.3. The summed E-state index contributed by atoms with van der Waals surface area (Å²) in [5.41, 5.74) is 0. The van der Waals surface area contributed by atoms with Gasteiger partial charge in [-0.25, -0.2) is 0 Å². The summed E-state index contributed by atoms with van der Waals surface area (Å²) in [6.07, 6.45) is 15.6. The molecule has 0 radical (unpaired) electrons. The van der Waals surface area contributed by atoms with Crippen molar-refractivity contribution in [3.05, 3.63) is 0 Å². The summed E-state index contributed by atoms with van der Waals surface area (Å²) in [6.45, 7) is 8.16. The van der Waals surface area contributed by atoms with E-state index in [1.54, 1.807) is 0 Å². The van der Waals surface area contributed by atoms with Crippen molar-refractivity contribution in [2.24, 2.45) is 23.7 Å². The third-order valence-corrected chi connectivity index (χ3v) is 6.18. The molecule has 0 aromatic heterocycles. The zero-order valence-corrected chi connectivity index (χ0v) is 15.7. The highest BCUT2D eigenvalue weighted by molar-refractivity contribution is 4.76. The van der Waals surface area contributed by atoms with Crippen LogP contribution in [0.2, 0.25) is 0 Å². The summed E-state index contributed by atoms with van der Waals surface area (Å²) < 4.78 is 11.3. The standard InChI is InChI=1S/C21H40O2/c1-3-15-23-17-21-13-9-19(10-14-21)6-5-18-7-11-20(12-8-18)16-22-4-2/h18-21H,3-17H2,1-2H3/t18-,19-,20-,21-. The fraction of sp³-hybridized carbons (Fsp3) is 1.00. The molecule has 0 unspecified atom stereocenters. The van der Waals surface area contributed by atoms with Gasteiger partial charge in [-0.3, -0.25) is 0 Å². The van der Waals surface area contributed by atoms with Gasteiger partial charge in [0.1, 0.15) is 0 Å². The zero-order valence-electron chi connectivity index (χ0n) is 15.7. The minimum atomic E-state index is 0.852. The minimum absolute atomic E-state index is 0.852. The van der Waals surface area contributed by atoms with Crippen LogP contribution in [0.5, 0.6) is 0 Å². The molecule has 0 aromatic rings. The quantitative estimate of drug-likeness (QED) is 0.470. The van der Waals surface area contributed by atoms with Crippen LogP contribution in [0.3, 0.4) is 0 Å². The lowest BCUT2D eigenvalue weighted by Crippen LogP contribution is -2.21. The smallest absolute Gasteiger partial charge is 0.0494 e. The van der Waals surface area contributed by atoms with Crippen LogP contribution in [0.25, 0.3) is 0 Å². The maximum Gasteiger partial charge on any atom is 0.0494 e. The third-order valence-electron chi connectivity index (χ3n) is 6.18. The van der Waals surface area contributed by atoms with Gasteiger partial charge in [-0.15, -0.1) is 0 Å². The normalized spacial score (nSPS) is 32.1. The van der Waals surface area contributed by atoms with Gasteiger partial charge in [-0.05, 0) is 62.7 Å². The highest BCUT2D eigenvalue weighted by atomic mass is 16.5. The number of rotatable bonds is 10. The fourth-order valence-electron chi connectivity index (χ4n) is 4.52. The zero-order chi connectivity index (χ0) is 16.3. The second-order valence-electron chi connectivity index (χ2n) is 8.09. The summed E-state index contributed by atoms with van der Waals surface area (Å²) in [6, 6.07) is 0. The lowest BCUT2D eigenvalue weighted by Gasteiger charge is -2.32. The Hall–Kier alpha value is -0.0800. The molecule has 2 rings (SSSR count). The van der Waals surface area contributed by atoms with E-state index < -0.39 is 0 Å². The van der Waals surface area contributed by atoms with Crippen molar-refractivity contribution >= 4 is 0 Å². The largest absolute Gasteiger partial charge is 0.381 e. The van der Waals surface area contributed by atoms with Crippen molar-refractivity contribution in [1.82, 2.24) is 0 Å². The van der Waals surface area contributed by atoms with Crippen LogP contribution >= 0.6 is 0 Å². The first-order valence-electron chi connectivity index (χ1n) is 10.5. The Bertz CT molecular complexity index is 276. The van der Waals surface area contributed by atoms with E-state index in [0.717, 1.165) is 56.5 Å². The average molecular weight is 325 g/mol. The van der Waals surface area contributed by atoms with E-state index in [9.17, 15) is 0 Å². The molecule has 0 bridgehead atoms. The van der Waals surface area contributed by atoms with Crippen LogP contribution in [0.15, 0.2) is 0 Å². The Kier molecular flexibility index (Phi) is 9.60. The predicted octanol–water partition coefficient (Wildman–Crippen LogP) is 5.84. The molecule has 2 nitrogen and oxygen atoms in total. The maximum atomic E-state index is 5.74. The molecule has 2 saturated carbocycles. The molecular formula is C21H40O2. The van der Waals surface area contributed by atoms with Crippen molar-refractivity contribution in [3.8, 4) is 0 Å². The second kappa shape index (κ2) is 11.5. The Labute approximate surface area is 144 Å². The van der Waals surface area contributed by atoms with Crippen LogP contribution < -0.4 is 0 Å². The van der Waals surface area contributed by atoms with E-state index in [1.165, 1.54) is 64.2 Å². The highest BCUT2D eigenvalue weighted by Crippen LogP contribution is 2.36. The van der Waals surface area contributed by atoms with Crippen LogP contribution in [0, 0.1) is 23.7 Å². The van der Waals surface area contributed by atoms with Crippen molar-refractivity contribution in [2.75, 3.05) is 26.4 Å². The van der Waals surface area contributed by atoms with Crippen LogP contribution in [0.4, 0.5) is 0 Å². The van der Waals surface area contributed by atoms with Crippen LogP contribution in [-0.4, -0.2) is 26.4 Å². The lowest BCUT2D eigenvalue weighted by atomic mass is 9.76. The third kappa shape index (κ3) is 7.56. The minimum Gasteiger partial charge on any atom is -0.381 e. The summed E-state index contributed by atoms with van der Waals surface area (Å²) in [4.78, 5) is 0. The average Bonchev–Trinajstić information content (AvgIpc) is 2.60. The monoisotopic (exact) mass is 324 g/mol. The summed E-state index contributed by atoms with van der Waals surface area (Å²) in [5.74, 6) is 3.73.